The predicted octanol–water partition coefficient (Wildman–Crippen LogP) is 3.38. The fraction of sp³-hybridized carbons (Fsp3) is 0.667. The van der Waals surface area contributed by atoms with Gasteiger partial charge in [0.2, 0.25) is 0 Å². The molecule has 0 unspecified atom stereocenters. The normalized spacial score (nSPS) is 11.2. The molecule has 1 N–H and O–H groups in total. The third-order valence-corrected chi connectivity index (χ3v) is 3.61. The number of hydrogen-bond acceptors (Lipinski definition) is 3. The van der Waals surface area contributed by atoms with Crippen LogP contribution in [0, 0.1) is 5.92 Å². The molecule has 3 heteroatoms. The van der Waals surface area contributed by atoms with Crippen LogP contribution >= 0.6 is 0 Å². The van der Waals surface area contributed by atoms with Gasteiger partial charge < -0.3 is 5.32 Å². The number of nitrogens with one attached hydrogen (secondary N) is 1. The Morgan fingerprint density at radius 1 is 1.28 bits per heavy atom. The Morgan fingerprint density at radius 3 is 2.56 bits per heavy atom. The van der Waals surface area contributed by atoms with E-state index >= 15 is 0 Å². The first-order valence-electron chi connectivity index (χ1n) is 7.08. The highest BCUT2D eigenvalue weighted by Gasteiger charge is 2.11. The number of rotatable bonds is 8. The molecular weight excluding hydrogens is 222 g/mol. The maximum Gasteiger partial charge on any atom is 0.0564 e. The summed E-state index contributed by atoms with van der Waals surface area (Å²) in [6, 6.07) is 4.14. The van der Waals surface area contributed by atoms with Crippen LogP contribution in [-0.2, 0) is 6.54 Å². The average molecular weight is 249 g/mol. The van der Waals surface area contributed by atoms with Gasteiger partial charge in [-0.2, -0.15) is 0 Å². The summed E-state index contributed by atoms with van der Waals surface area (Å²) in [5, 5.41) is 3.16. The quantitative estimate of drug-likeness (QED) is 0.765. The maximum absolute atomic E-state index is 4.45. The highest BCUT2D eigenvalue weighted by Crippen LogP contribution is 2.13. The predicted molar refractivity (Wildman–Crippen MR) is 78.8 cm³/mol. The van der Waals surface area contributed by atoms with Gasteiger partial charge in [0.25, 0.3) is 0 Å². The van der Waals surface area contributed by atoms with Gasteiger partial charge in [-0.3, -0.25) is 9.88 Å². The molecule has 0 saturated carbocycles. The minimum absolute atomic E-state index is 0.803. The number of aromatic nitrogens is 1. The van der Waals surface area contributed by atoms with Gasteiger partial charge in [-0.25, -0.2) is 0 Å². The first-order chi connectivity index (χ1) is 8.73. The van der Waals surface area contributed by atoms with E-state index in [1.165, 1.54) is 19.4 Å². The van der Waals surface area contributed by atoms with Crippen molar-refractivity contribution in [3.63, 3.8) is 0 Å². The summed E-state index contributed by atoms with van der Waals surface area (Å²) in [6.07, 6.45) is 4.40. The number of pyridine rings is 1. The number of hydrogen-bond donors (Lipinski definition) is 1. The lowest BCUT2D eigenvalue weighted by Gasteiger charge is -2.24. The third kappa shape index (κ3) is 4.65. The van der Waals surface area contributed by atoms with E-state index in [0.29, 0.717) is 0 Å². The van der Waals surface area contributed by atoms with Crippen LogP contribution in [0.15, 0.2) is 18.3 Å². The molecule has 18 heavy (non-hydrogen) atoms. The second kappa shape index (κ2) is 8.09. The van der Waals surface area contributed by atoms with Crippen LogP contribution in [0.2, 0.25) is 0 Å². The lowest BCUT2D eigenvalue weighted by molar-refractivity contribution is 0.224. The minimum atomic E-state index is 0.803. The second-order valence-corrected chi connectivity index (χ2v) is 4.80. The summed E-state index contributed by atoms with van der Waals surface area (Å²) >= 11 is 0. The Labute approximate surface area is 112 Å². The molecule has 0 aliphatic rings. The minimum Gasteiger partial charge on any atom is -0.388 e. The van der Waals surface area contributed by atoms with Gasteiger partial charge in [0.1, 0.15) is 0 Å². The standard InChI is InChI=1S/C15H27N3/c1-5-13(6-2)11-18(7-3)12-15-10-14(16-4)8-9-17-15/h8-10,13H,5-7,11-12H2,1-4H3,(H,16,17). The van der Waals surface area contributed by atoms with E-state index in [-0.39, 0.29) is 0 Å². The van der Waals surface area contributed by atoms with Gasteiger partial charge >= 0.3 is 0 Å². The second-order valence-electron chi connectivity index (χ2n) is 4.80. The molecule has 1 aromatic heterocycles. The van der Waals surface area contributed by atoms with E-state index in [9.17, 15) is 0 Å². The van der Waals surface area contributed by atoms with Crippen molar-refractivity contribution in [2.45, 2.75) is 40.2 Å². The van der Waals surface area contributed by atoms with Gasteiger partial charge in [-0.15, -0.1) is 0 Å². The molecule has 0 bridgehead atoms. The van der Waals surface area contributed by atoms with Crippen molar-refractivity contribution in [2.24, 2.45) is 5.92 Å². The Balaban J connectivity index is 2.61. The van der Waals surface area contributed by atoms with Crippen molar-refractivity contribution < 1.29 is 0 Å². The Kier molecular flexibility index (Phi) is 6.73. The lowest BCUT2D eigenvalue weighted by atomic mass is 10.0. The van der Waals surface area contributed by atoms with Crippen molar-refractivity contribution in [1.82, 2.24) is 9.88 Å². The summed E-state index contributed by atoms with van der Waals surface area (Å²) < 4.78 is 0. The zero-order valence-electron chi connectivity index (χ0n) is 12.2. The Bertz CT molecular complexity index is 334. The van der Waals surface area contributed by atoms with E-state index in [1.54, 1.807) is 0 Å². The van der Waals surface area contributed by atoms with Crippen molar-refractivity contribution in [2.75, 3.05) is 25.5 Å². The van der Waals surface area contributed by atoms with E-state index in [0.717, 1.165) is 30.4 Å². The van der Waals surface area contributed by atoms with Crippen LogP contribution in [0.3, 0.4) is 0 Å². The molecule has 0 aliphatic carbocycles. The Morgan fingerprint density at radius 2 is 2.00 bits per heavy atom. The van der Waals surface area contributed by atoms with Gasteiger partial charge in [-0.1, -0.05) is 33.6 Å². The van der Waals surface area contributed by atoms with Crippen molar-refractivity contribution >= 4 is 5.69 Å². The van der Waals surface area contributed by atoms with Crippen LogP contribution in [0.25, 0.3) is 0 Å². The van der Waals surface area contributed by atoms with Crippen LogP contribution in [-0.4, -0.2) is 30.0 Å². The zero-order valence-corrected chi connectivity index (χ0v) is 12.2. The molecule has 1 aromatic rings. The van der Waals surface area contributed by atoms with Crippen molar-refractivity contribution in [3.05, 3.63) is 24.0 Å². The zero-order chi connectivity index (χ0) is 13.4. The molecule has 0 atom stereocenters. The monoisotopic (exact) mass is 249 g/mol. The molecule has 0 amide bonds. The molecular formula is C15H27N3. The highest BCUT2D eigenvalue weighted by molar-refractivity contribution is 5.42. The van der Waals surface area contributed by atoms with Gasteiger partial charge in [0.15, 0.2) is 0 Å². The average Bonchev–Trinajstić information content (AvgIpc) is 2.43. The van der Waals surface area contributed by atoms with Gasteiger partial charge in [-0.05, 0) is 24.6 Å². The van der Waals surface area contributed by atoms with Crippen molar-refractivity contribution in [3.8, 4) is 0 Å². The SMILES string of the molecule is CCC(CC)CN(CC)Cc1cc(NC)ccn1. The summed E-state index contributed by atoms with van der Waals surface area (Å²) in [5.74, 6) is 0.803. The topological polar surface area (TPSA) is 28.2 Å². The fourth-order valence-corrected chi connectivity index (χ4v) is 2.17. The molecule has 1 heterocycles. The van der Waals surface area contributed by atoms with E-state index < -0.39 is 0 Å². The molecule has 0 aliphatic heterocycles. The molecule has 0 radical (unpaired) electrons. The van der Waals surface area contributed by atoms with Gasteiger partial charge in [0.05, 0.1) is 5.69 Å². The first kappa shape index (κ1) is 15.0. The van der Waals surface area contributed by atoms with Crippen LogP contribution in [0.5, 0.6) is 0 Å². The van der Waals surface area contributed by atoms with E-state index in [4.69, 9.17) is 0 Å². The molecule has 0 saturated heterocycles. The molecule has 1 rings (SSSR count). The molecule has 0 aromatic carbocycles. The van der Waals surface area contributed by atoms with Crippen molar-refractivity contribution in [1.29, 1.82) is 0 Å². The molecule has 102 valence electrons. The summed E-state index contributed by atoms with van der Waals surface area (Å²) in [5.41, 5.74) is 2.29. The molecule has 0 fully saturated rings. The summed E-state index contributed by atoms with van der Waals surface area (Å²) in [4.78, 5) is 6.94. The smallest absolute Gasteiger partial charge is 0.0564 e. The van der Waals surface area contributed by atoms with E-state index in [2.05, 4.69) is 42.0 Å². The lowest BCUT2D eigenvalue weighted by Crippen LogP contribution is -2.29. The molecule has 0 spiro atoms. The maximum atomic E-state index is 4.45. The third-order valence-electron chi connectivity index (χ3n) is 3.61. The summed E-state index contributed by atoms with van der Waals surface area (Å²) in [7, 11) is 1.95. The molecule has 3 nitrogen and oxygen atoms in total. The number of nitrogens with zero attached hydrogens (tertiary/aromatic N) is 2. The first-order valence-corrected chi connectivity index (χ1v) is 7.08. The van der Waals surface area contributed by atoms with Crippen LogP contribution < -0.4 is 5.32 Å². The summed E-state index contributed by atoms with van der Waals surface area (Å²) in [6.45, 7) is 9.99. The largest absolute Gasteiger partial charge is 0.388 e. The highest BCUT2D eigenvalue weighted by atomic mass is 15.1. The number of anilines is 1. The van der Waals surface area contributed by atoms with Gasteiger partial charge in [0, 0.05) is 32.0 Å². The van der Waals surface area contributed by atoms with E-state index in [1.807, 2.05) is 19.3 Å². The Hall–Kier alpha value is -1.09. The van der Waals surface area contributed by atoms with Crippen LogP contribution in [0.1, 0.15) is 39.3 Å². The fourth-order valence-electron chi connectivity index (χ4n) is 2.17. The van der Waals surface area contributed by atoms with Crippen LogP contribution in [0.4, 0.5) is 5.69 Å².